The zero-order valence-electron chi connectivity index (χ0n) is 21.2. The van der Waals surface area contributed by atoms with Crippen molar-refractivity contribution < 1.29 is 14.3 Å². The third-order valence-corrected chi connectivity index (χ3v) is 6.00. The fourth-order valence-corrected chi connectivity index (χ4v) is 4.11. The molecule has 0 fully saturated rings. The lowest BCUT2D eigenvalue weighted by Gasteiger charge is -2.11. The van der Waals surface area contributed by atoms with E-state index < -0.39 is 5.97 Å². The molecule has 0 aliphatic carbocycles. The Hall–Kier alpha value is -5.04. The molecule has 0 saturated carbocycles. The van der Waals surface area contributed by atoms with Gasteiger partial charge in [-0.25, -0.2) is 9.78 Å². The van der Waals surface area contributed by atoms with E-state index in [2.05, 4.69) is 5.10 Å². The molecule has 5 rings (SSSR count). The van der Waals surface area contributed by atoms with Crippen molar-refractivity contribution in [3.63, 3.8) is 0 Å². The molecule has 38 heavy (non-hydrogen) atoms. The summed E-state index contributed by atoms with van der Waals surface area (Å²) in [5.41, 5.74) is 4.20. The van der Waals surface area contributed by atoms with Gasteiger partial charge in [0.25, 0.3) is 5.56 Å². The van der Waals surface area contributed by atoms with Gasteiger partial charge in [-0.2, -0.15) is 9.78 Å². The number of nitrogens with zero attached hydrogens (tertiary/aromatic N) is 3. The number of aryl methyl sites for hydroxylation is 2. The summed E-state index contributed by atoms with van der Waals surface area (Å²) in [5.74, 6) is 0.591. The number of aromatic nitrogens is 2. The van der Waals surface area contributed by atoms with Gasteiger partial charge >= 0.3 is 5.97 Å². The molecule has 0 radical (unpaired) electrons. The number of esters is 1. The molecule has 4 aromatic carbocycles. The maximum absolute atomic E-state index is 13.4. The summed E-state index contributed by atoms with van der Waals surface area (Å²) >= 11 is 0. The van der Waals surface area contributed by atoms with Gasteiger partial charge in [0, 0.05) is 5.56 Å². The largest absolute Gasteiger partial charge is 0.493 e. The second-order valence-corrected chi connectivity index (χ2v) is 8.85. The van der Waals surface area contributed by atoms with Gasteiger partial charge in [-0.15, -0.1) is 0 Å². The first kappa shape index (κ1) is 24.6. The lowest BCUT2D eigenvalue weighted by Crippen LogP contribution is -2.20. The topological polar surface area (TPSA) is 82.8 Å². The van der Waals surface area contributed by atoms with Crippen molar-refractivity contribution in [3.05, 3.63) is 124 Å². The zero-order chi connectivity index (χ0) is 26.6. The van der Waals surface area contributed by atoms with Gasteiger partial charge in [0.05, 0.1) is 29.8 Å². The number of ether oxygens (including phenoxy) is 2. The maximum Gasteiger partial charge on any atom is 0.343 e. The number of benzene rings is 4. The van der Waals surface area contributed by atoms with Crippen molar-refractivity contribution in [1.82, 2.24) is 9.66 Å². The Bertz CT molecular complexity index is 1750. The van der Waals surface area contributed by atoms with Crippen molar-refractivity contribution >= 4 is 23.1 Å². The normalized spacial score (nSPS) is 11.1. The molecule has 7 heteroatoms. The SMILES string of the molecule is COc1cc(C=Nn2c(-c3cccc(C)c3)nc3ccccc3c2=O)ccc1OC(=O)c1cccc(C)c1. The number of carbonyl (C=O) groups is 1. The van der Waals surface area contributed by atoms with Crippen LogP contribution in [0.1, 0.15) is 27.0 Å². The standard InChI is InChI=1S/C31H25N3O4/c1-20-8-6-10-23(16-20)29-33-26-13-5-4-12-25(26)30(35)34(29)32-19-22-14-15-27(28(18-22)37-3)38-31(36)24-11-7-9-21(2)17-24/h4-19H,1-3H3. The Morgan fingerprint density at radius 1 is 0.868 bits per heavy atom. The molecule has 0 spiro atoms. The number of rotatable bonds is 6. The van der Waals surface area contributed by atoms with Crippen LogP contribution in [0, 0.1) is 13.8 Å². The van der Waals surface area contributed by atoms with Crippen LogP contribution in [-0.4, -0.2) is 29.0 Å². The van der Waals surface area contributed by atoms with E-state index in [4.69, 9.17) is 14.5 Å². The summed E-state index contributed by atoms with van der Waals surface area (Å²) in [6, 6.07) is 27.2. The minimum Gasteiger partial charge on any atom is -0.493 e. The molecule has 7 nitrogen and oxygen atoms in total. The molecule has 0 aliphatic heterocycles. The van der Waals surface area contributed by atoms with E-state index in [-0.39, 0.29) is 11.3 Å². The average Bonchev–Trinajstić information content (AvgIpc) is 2.93. The molecule has 5 aromatic rings. The Morgan fingerprint density at radius 2 is 1.63 bits per heavy atom. The molecule has 0 amide bonds. The monoisotopic (exact) mass is 503 g/mol. The molecular formula is C31H25N3O4. The summed E-state index contributed by atoms with van der Waals surface area (Å²) in [5, 5.41) is 4.98. The van der Waals surface area contributed by atoms with Crippen molar-refractivity contribution in [1.29, 1.82) is 0 Å². The highest BCUT2D eigenvalue weighted by molar-refractivity contribution is 5.92. The number of hydrogen-bond donors (Lipinski definition) is 0. The highest BCUT2D eigenvalue weighted by atomic mass is 16.6. The van der Waals surface area contributed by atoms with E-state index >= 15 is 0 Å². The van der Waals surface area contributed by atoms with E-state index in [0.717, 1.165) is 16.7 Å². The van der Waals surface area contributed by atoms with Gasteiger partial charge in [0.15, 0.2) is 17.3 Å². The van der Waals surface area contributed by atoms with Crippen molar-refractivity contribution in [2.75, 3.05) is 7.11 Å². The molecule has 0 aliphatic rings. The molecule has 0 unspecified atom stereocenters. The molecule has 0 N–H and O–H groups in total. The first-order chi connectivity index (χ1) is 18.4. The van der Waals surface area contributed by atoms with Crippen LogP contribution in [0.4, 0.5) is 0 Å². The number of hydrogen-bond acceptors (Lipinski definition) is 6. The Labute approximate surface area is 219 Å². The minimum atomic E-state index is -0.481. The number of carbonyl (C=O) groups excluding carboxylic acids is 1. The summed E-state index contributed by atoms with van der Waals surface area (Å²) in [6.45, 7) is 3.89. The maximum atomic E-state index is 13.4. The average molecular weight is 504 g/mol. The van der Waals surface area contributed by atoms with Crippen LogP contribution in [-0.2, 0) is 0 Å². The van der Waals surface area contributed by atoms with E-state index in [0.29, 0.717) is 33.6 Å². The second-order valence-electron chi connectivity index (χ2n) is 8.85. The smallest absolute Gasteiger partial charge is 0.343 e. The van der Waals surface area contributed by atoms with Gasteiger partial charge in [-0.05, 0) is 67.9 Å². The highest BCUT2D eigenvalue weighted by Crippen LogP contribution is 2.29. The fourth-order valence-electron chi connectivity index (χ4n) is 4.11. The van der Waals surface area contributed by atoms with Crippen LogP contribution < -0.4 is 15.0 Å². The van der Waals surface area contributed by atoms with E-state index in [9.17, 15) is 9.59 Å². The summed E-state index contributed by atoms with van der Waals surface area (Å²) in [4.78, 5) is 30.8. The summed E-state index contributed by atoms with van der Waals surface area (Å²) in [7, 11) is 1.49. The molecule has 0 bridgehead atoms. The van der Waals surface area contributed by atoms with Crippen LogP contribution in [0.15, 0.2) is 101 Å². The zero-order valence-corrected chi connectivity index (χ0v) is 21.2. The van der Waals surface area contributed by atoms with Crippen molar-refractivity contribution in [2.45, 2.75) is 13.8 Å². The third kappa shape index (κ3) is 5.08. The quantitative estimate of drug-likeness (QED) is 0.166. The fraction of sp³-hybridized carbons (Fsp3) is 0.0968. The Kier molecular flexibility index (Phi) is 6.82. The van der Waals surface area contributed by atoms with Gasteiger partial charge < -0.3 is 9.47 Å². The summed E-state index contributed by atoms with van der Waals surface area (Å²) < 4.78 is 12.3. The lowest BCUT2D eigenvalue weighted by atomic mass is 10.1. The van der Waals surface area contributed by atoms with Crippen molar-refractivity contribution in [3.8, 4) is 22.9 Å². The number of fused-ring (bicyclic) bond motifs is 1. The Morgan fingerprint density at radius 3 is 2.39 bits per heavy atom. The highest BCUT2D eigenvalue weighted by Gasteiger charge is 2.15. The molecule has 1 heterocycles. The van der Waals surface area contributed by atoms with Crippen LogP contribution in [0.25, 0.3) is 22.3 Å². The molecular weight excluding hydrogens is 478 g/mol. The number of para-hydroxylation sites is 1. The van der Waals surface area contributed by atoms with Gasteiger partial charge in [-0.1, -0.05) is 53.6 Å². The van der Waals surface area contributed by atoms with Gasteiger partial charge in [0.1, 0.15) is 0 Å². The first-order valence-electron chi connectivity index (χ1n) is 12.0. The summed E-state index contributed by atoms with van der Waals surface area (Å²) in [6.07, 6.45) is 1.55. The molecule has 0 atom stereocenters. The van der Waals surface area contributed by atoms with Crippen LogP contribution >= 0.6 is 0 Å². The predicted molar refractivity (Wildman–Crippen MR) is 148 cm³/mol. The minimum absolute atomic E-state index is 0.279. The lowest BCUT2D eigenvalue weighted by molar-refractivity contribution is 0.0729. The van der Waals surface area contributed by atoms with Crippen LogP contribution in [0.2, 0.25) is 0 Å². The molecule has 1 aromatic heterocycles. The van der Waals surface area contributed by atoms with E-state index in [1.54, 1.807) is 54.7 Å². The molecule has 0 saturated heterocycles. The third-order valence-electron chi connectivity index (χ3n) is 6.00. The first-order valence-corrected chi connectivity index (χ1v) is 12.0. The van der Waals surface area contributed by atoms with E-state index in [1.165, 1.54) is 11.8 Å². The van der Waals surface area contributed by atoms with Crippen molar-refractivity contribution in [2.24, 2.45) is 5.10 Å². The molecule has 188 valence electrons. The predicted octanol–water partition coefficient (Wildman–Crippen LogP) is 5.79. The van der Waals surface area contributed by atoms with E-state index in [1.807, 2.05) is 56.3 Å². The number of methoxy groups -OCH3 is 1. The van der Waals surface area contributed by atoms with Gasteiger partial charge in [0.2, 0.25) is 0 Å². The second kappa shape index (κ2) is 10.5. The van der Waals surface area contributed by atoms with Crippen LogP contribution in [0.5, 0.6) is 11.5 Å². The Balaban J connectivity index is 1.51. The van der Waals surface area contributed by atoms with Gasteiger partial charge in [-0.3, -0.25) is 4.79 Å². The van der Waals surface area contributed by atoms with Crippen LogP contribution in [0.3, 0.4) is 0 Å².